The minimum Gasteiger partial charge on any atom is -0.305 e. The molecule has 102 valence electrons. The van der Waals surface area contributed by atoms with Gasteiger partial charge in [0.2, 0.25) is 0 Å². The van der Waals surface area contributed by atoms with Crippen LogP contribution in [0.4, 0.5) is 0 Å². The summed E-state index contributed by atoms with van der Waals surface area (Å²) < 4.78 is 0. The first-order valence-corrected chi connectivity index (χ1v) is 7.66. The maximum atomic E-state index is 6.03. The summed E-state index contributed by atoms with van der Waals surface area (Å²) in [5, 5.41) is 0.833. The van der Waals surface area contributed by atoms with Crippen LogP contribution < -0.4 is 0 Å². The highest BCUT2D eigenvalue weighted by atomic mass is 35.5. The molecular weight excluding hydrogens is 254 g/mol. The topological polar surface area (TPSA) is 3.24 Å². The summed E-state index contributed by atoms with van der Waals surface area (Å²) in [6.45, 7) is 1.11. The Kier molecular flexibility index (Phi) is 3.68. The molecular formula is C17H22ClN. The number of hydrogen-bond donors (Lipinski definition) is 0. The second-order valence-electron chi connectivity index (χ2n) is 6.23. The smallest absolute Gasteiger partial charge is 0.0406 e. The summed E-state index contributed by atoms with van der Waals surface area (Å²) in [6.07, 6.45) is 5.54. The molecule has 0 unspecified atom stereocenters. The number of nitrogens with zero attached hydrogens (tertiary/aromatic N) is 1. The molecule has 0 spiro atoms. The molecule has 0 aliphatic heterocycles. The predicted molar refractivity (Wildman–Crippen MR) is 82.4 cm³/mol. The van der Waals surface area contributed by atoms with Gasteiger partial charge in [0, 0.05) is 11.6 Å². The van der Waals surface area contributed by atoms with Crippen LogP contribution in [0.15, 0.2) is 29.8 Å². The molecule has 2 bridgehead atoms. The number of fused-ring (bicyclic) bond motifs is 2. The molecule has 0 heterocycles. The minimum atomic E-state index is 0.779. The molecule has 1 aromatic rings. The molecule has 1 fully saturated rings. The normalized spacial score (nSPS) is 26.3. The molecule has 0 amide bonds. The van der Waals surface area contributed by atoms with Crippen molar-refractivity contribution in [3.8, 4) is 0 Å². The zero-order valence-corrected chi connectivity index (χ0v) is 12.6. The highest BCUT2D eigenvalue weighted by Gasteiger charge is 2.35. The highest BCUT2D eigenvalue weighted by molar-refractivity contribution is 6.30. The molecule has 0 atom stereocenters. The van der Waals surface area contributed by atoms with Crippen LogP contribution in [0.25, 0.3) is 5.57 Å². The van der Waals surface area contributed by atoms with Gasteiger partial charge in [-0.1, -0.05) is 23.7 Å². The van der Waals surface area contributed by atoms with Gasteiger partial charge >= 0.3 is 0 Å². The van der Waals surface area contributed by atoms with E-state index in [0.717, 1.165) is 23.4 Å². The zero-order valence-electron chi connectivity index (χ0n) is 11.8. The second-order valence-corrected chi connectivity index (χ2v) is 6.67. The number of halogens is 1. The Morgan fingerprint density at radius 2 is 1.58 bits per heavy atom. The molecule has 0 saturated heterocycles. The van der Waals surface area contributed by atoms with E-state index in [1.54, 1.807) is 11.1 Å². The van der Waals surface area contributed by atoms with Crippen molar-refractivity contribution >= 4 is 17.2 Å². The lowest BCUT2D eigenvalue weighted by atomic mass is 9.65. The van der Waals surface area contributed by atoms with E-state index in [4.69, 9.17) is 11.6 Å². The number of hydrogen-bond acceptors (Lipinski definition) is 1. The van der Waals surface area contributed by atoms with Crippen LogP contribution in [0, 0.1) is 11.8 Å². The fraction of sp³-hybridized carbons (Fsp3) is 0.529. The summed E-state index contributed by atoms with van der Waals surface area (Å²) in [6, 6.07) is 8.46. The van der Waals surface area contributed by atoms with Crippen LogP contribution in [0.3, 0.4) is 0 Å². The van der Waals surface area contributed by atoms with Gasteiger partial charge in [-0.15, -0.1) is 0 Å². The Balaban J connectivity index is 2.04. The van der Waals surface area contributed by atoms with Crippen LogP contribution in [-0.2, 0) is 0 Å². The third-order valence-electron chi connectivity index (χ3n) is 4.62. The van der Waals surface area contributed by atoms with Gasteiger partial charge in [-0.3, -0.25) is 0 Å². The highest BCUT2D eigenvalue weighted by Crippen LogP contribution is 2.49. The Morgan fingerprint density at radius 3 is 2.16 bits per heavy atom. The number of benzene rings is 1. The Hall–Kier alpha value is -0.790. The van der Waals surface area contributed by atoms with Gasteiger partial charge < -0.3 is 4.90 Å². The Bertz CT molecular complexity index is 478. The summed E-state index contributed by atoms with van der Waals surface area (Å²) in [5.74, 6) is 1.60. The molecule has 1 saturated carbocycles. The van der Waals surface area contributed by atoms with E-state index in [-0.39, 0.29) is 0 Å². The van der Waals surface area contributed by atoms with E-state index < -0.39 is 0 Å². The fourth-order valence-corrected chi connectivity index (χ4v) is 3.94. The van der Waals surface area contributed by atoms with Crippen LogP contribution in [-0.4, -0.2) is 25.5 Å². The molecule has 0 N–H and O–H groups in total. The van der Waals surface area contributed by atoms with Crippen LogP contribution in [0.1, 0.15) is 31.2 Å². The van der Waals surface area contributed by atoms with E-state index in [0.29, 0.717) is 0 Å². The summed E-state index contributed by atoms with van der Waals surface area (Å²) >= 11 is 6.03. The quantitative estimate of drug-likeness (QED) is 0.786. The molecule has 0 radical (unpaired) electrons. The average Bonchev–Trinajstić information content (AvgIpc) is 2.41. The summed E-state index contributed by atoms with van der Waals surface area (Å²) in [7, 11) is 4.35. The van der Waals surface area contributed by atoms with Gasteiger partial charge in [-0.05, 0) is 80.5 Å². The van der Waals surface area contributed by atoms with E-state index in [9.17, 15) is 0 Å². The van der Waals surface area contributed by atoms with Crippen molar-refractivity contribution in [2.45, 2.75) is 25.7 Å². The van der Waals surface area contributed by atoms with Crippen LogP contribution >= 0.6 is 11.6 Å². The SMILES string of the molecule is CN(C)CC1=C(c2ccc(Cl)cc2)C2CCC1CC2. The van der Waals surface area contributed by atoms with Crippen molar-refractivity contribution in [3.05, 3.63) is 40.4 Å². The molecule has 4 rings (SSSR count). The minimum absolute atomic E-state index is 0.779. The Labute approximate surface area is 121 Å². The van der Waals surface area contributed by atoms with E-state index in [2.05, 4.69) is 31.1 Å². The van der Waals surface area contributed by atoms with Gasteiger partial charge in [0.05, 0.1) is 0 Å². The van der Waals surface area contributed by atoms with E-state index in [1.807, 2.05) is 12.1 Å². The molecule has 1 nitrogen and oxygen atoms in total. The first kappa shape index (κ1) is 13.2. The number of likely N-dealkylation sites (N-methyl/N-ethyl adjacent to an activating group) is 1. The molecule has 3 aliphatic rings. The first-order valence-electron chi connectivity index (χ1n) is 7.28. The van der Waals surface area contributed by atoms with Gasteiger partial charge in [-0.25, -0.2) is 0 Å². The average molecular weight is 276 g/mol. The summed E-state index contributed by atoms with van der Waals surface area (Å²) in [4.78, 5) is 2.31. The molecule has 3 aliphatic carbocycles. The largest absolute Gasteiger partial charge is 0.305 e. The van der Waals surface area contributed by atoms with E-state index >= 15 is 0 Å². The lowest BCUT2D eigenvalue weighted by Gasteiger charge is -2.41. The molecule has 1 aromatic carbocycles. The maximum absolute atomic E-state index is 6.03. The maximum Gasteiger partial charge on any atom is 0.0406 e. The van der Waals surface area contributed by atoms with Crippen LogP contribution in [0.2, 0.25) is 5.02 Å². The van der Waals surface area contributed by atoms with Gasteiger partial charge in [0.15, 0.2) is 0 Å². The standard InChI is InChI=1S/C17H22ClN/c1-19(2)11-16-12-3-5-13(6-4-12)17(16)14-7-9-15(18)10-8-14/h7-10,12-13H,3-6,11H2,1-2H3. The third-order valence-corrected chi connectivity index (χ3v) is 4.87. The van der Waals surface area contributed by atoms with Gasteiger partial charge in [0.1, 0.15) is 0 Å². The predicted octanol–water partition coefficient (Wildman–Crippen LogP) is 4.48. The second kappa shape index (κ2) is 5.30. The fourth-order valence-electron chi connectivity index (χ4n) is 3.82. The lowest BCUT2D eigenvalue weighted by molar-refractivity contribution is 0.299. The molecule has 0 aromatic heterocycles. The van der Waals surface area contributed by atoms with Crippen molar-refractivity contribution in [2.24, 2.45) is 11.8 Å². The molecule has 19 heavy (non-hydrogen) atoms. The monoisotopic (exact) mass is 275 g/mol. The van der Waals surface area contributed by atoms with Gasteiger partial charge in [0.25, 0.3) is 0 Å². The summed E-state index contributed by atoms with van der Waals surface area (Å²) in [5.41, 5.74) is 4.72. The van der Waals surface area contributed by atoms with Crippen molar-refractivity contribution < 1.29 is 0 Å². The van der Waals surface area contributed by atoms with Gasteiger partial charge in [-0.2, -0.15) is 0 Å². The third kappa shape index (κ3) is 2.59. The van der Waals surface area contributed by atoms with Crippen LogP contribution in [0.5, 0.6) is 0 Å². The molecule has 2 heteroatoms. The Morgan fingerprint density at radius 1 is 1.00 bits per heavy atom. The number of allylic oxidation sites excluding steroid dienone is 1. The van der Waals surface area contributed by atoms with Crippen molar-refractivity contribution in [1.82, 2.24) is 4.90 Å². The number of rotatable bonds is 3. The van der Waals surface area contributed by atoms with Crippen molar-refractivity contribution in [1.29, 1.82) is 0 Å². The van der Waals surface area contributed by atoms with Crippen molar-refractivity contribution in [3.63, 3.8) is 0 Å². The van der Waals surface area contributed by atoms with Crippen molar-refractivity contribution in [2.75, 3.05) is 20.6 Å². The zero-order chi connectivity index (χ0) is 13.4. The van der Waals surface area contributed by atoms with E-state index in [1.165, 1.54) is 31.2 Å². The first-order chi connectivity index (χ1) is 9.15. The lowest BCUT2D eigenvalue weighted by Crippen LogP contribution is -2.31.